The number of benzene rings is 2. The first-order chi connectivity index (χ1) is 14.1. The van der Waals surface area contributed by atoms with Gasteiger partial charge >= 0.3 is 6.03 Å². The highest BCUT2D eigenvalue weighted by Crippen LogP contribution is 2.25. The Bertz CT molecular complexity index is 1040. The molecule has 3 amide bonds. The largest absolute Gasteiger partial charge is 0.504 e. The summed E-state index contributed by atoms with van der Waals surface area (Å²) in [7, 11) is 1.43. The number of rotatable bonds is 6. The molecule has 0 unspecified atom stereocenters. The van der Waals surface area contributed by atoms with Crippen LogP contribution in [0.5, 0.6) is 11.5 Å². The van der Waals surface area contributed by atoms with Crippen LogP contribution in [0, 0.1) is 0 Å². The Hall–Kier alpha value is -3.99. The summed E-state index contributed by atoms with van der Waals surface area (Å²) in [5, 5.41) is 22.5. The lowest BCUT2D eigenvalue weighted by molar-refractivity contribution is 0.0951. The SMILES string of the molecule is COc1cc(C=NNC(=O)c2nnsc2NC(=O)Nc2ccccc2)ccc1O. The standard InChI is InChI=1S/C18H16N6O4S/c1-28-14-9-11(7-8-13(14)25)10-19-23-16(26)15-17(29-24-22-15)21-18(27)20-12-5-3-2-4-6-12/h2-10,25H,1H3,(H,23,26)(H2,20,21,27). The van der Waals surface area contributed by atoms with Gasteiger partial charge in [-0.1, -0.05) is 22.7 Å². The van der Waals surface area contributed by atoms with Crippen LogP contribution in [0.3, 0.4) is 0 Å². The van der Waals surface area contributed by atoms with Crippen LogP contribution in [0.15, 0.2) is 53.6 Å². The summed E-state index contributed by atoms with van der Waals surface area (Å²) in [6.45, 7) is 0. The van der Waals surface area contributed by atoms with Gasteiger partial charge in [-0.15, -0.1) is 5.10 Å². The van der Waals surface area contributed by atoms with Gasteiger partial charge in [0.05, 0.1) is 13.3 Å². The van der Waals surface area contributed by atoms with E-state index in [1.807, 2.05) is 6.07 Å². The summed E-state index contributed by atoms with van der Waals surface area (Å²) >= 11 is 0.863. The van der Waals surface area contributed by atoms with Gasteiger partial charge in [0.2, 0.25) is 0 Å². The van der Waals surface area contributed by atoms with Crippen LogP contribution < -0.4 is 20.8 Å². The zero-order chi connectivity index (χ0) is 20.6. The van der Waals surface area contributed by atoms with Crippen LogP contribution >= 0.6 is 11.5 Å². The Labute approximate surface area is 169 Å². The van der Waals surface area contributed by atoms with E-state index in [1.165, 1.54) is 19.4 Å². The normalized spacial score (nSPS) is 10.5. The highest BCUT2D eigenvalue weighted by Gasteiger charge is 2.18. The maximum Gasteiger partial charge on any atom is 0.324 e. The number of amides is 3. The molecule has 0 fully saturated rings. The van der Waals surface area contributed by atoms with Crippen LogP contribution in [-0.2, 0) is 0 Å². The molecule has 0 aliphatic heterocycles. The molecule has 0 radical (unpaired) electrons. The molecule has 11 heteroatoms. The number of carbonyl (C=O) groups is 2. The molecule has 3 aromatic rings. The van der Waals surface area contributed by atoms with E-state index in [2.05, 4.69) is 30.7 Å². The summed E-state index contributed by atoms with van der Waals surface area (Å²) in [6, 6.07) is 12.9. The van der Waals surface area contributed by atoms with Gasteiger partial charge in [0.1, 0.15) is 0 Å². The monoisotopic (exact) mass is 412 g/mol. The van der Waals surface area contributed by atoms with Gasteiger partial charge in [-0.3, -0.25) is 10.1 Å². The average Bonchev–Trinajstić information content (AvgIpc) is 3.18. The fourth-order valence-corrected chi connectivity index (χ4v) is 2.76. The number of ether oxygens (including phenoxy) is 1. The lowest BCUT2D eigenvalue weighted by Crippen LogP contribution is -2.23. The van der Waals surface area contributed by atoms with E-state index in [0.717, 1.165) is 11.5 Å². The molecular weight excluding hydrogens is 396 g/mol. The summed E-state index contributed by atoms with van der Waals surface area (Å²) in [4.78, 5) is 24.4. The van der Waals surface area contributed by atoms with Crippen molar-refractivity contribution in [1.82, 2.24) is 15.0 Å². The molecule has 0 spiro atoms. The number of hydrogen-bond donors (Lipinski definition) is 4. The minimum Gasteiger partial charge on any atom is -0.504 e. The number of aromatic hydroxyl groups is 1. The summed E-state index contributed by atoms with van der Waals surface area (Å²) in [5.74, 6) is -0.373. The van der Waals surface area contributed by atoms with Gasteiger partial charge in [-0.25, -0.2) is 10.2 Å². The lowest BCUT2D eigenvalue weighted by atomic mass is 10.2. The van der Waals surface area contributed by atoms with E-state index in [1.54, 1.807) is 36.4 Å². The van der Waals surface area contributed by atoms with Crippen molar-refractivity contribution in [2.45, 2.75) is 0 Å². The van der Waals surface area contributed by atoms with Gasteiger partial charge < -0.3 is 15.2 Å². The maximum atomic E-state index is 12.3. The van der Waals surface area contributed by atoms with E-state index >= 15 is 0 Å². The lowest BCUT2D eigenvalue weighted by Gasteiger charge is -2.06. The number of urea groups is 1. The van der Waals surface area contributed by atoms with E-state index < -0.39 is 11.9 Å². The molecular formula is C18H16N6O4S. The topological polar surface area (TPSA) is 138 Å². The number of phenolic OH excluding ortho intramolecular Hbond substituents is 1. The number of anilines is 2. The van der Waals surface area contributed by atoms with Crippen molar-refractivity contribution < 1.29 is 19.4 Å². The van der Waals surface area contributed by atoms with Crippen LogP contribution in [0.1, 0.15) is 16.1 Å². The van der Waals surface area contributed by atoms with E-state index in [0.29, 0.717) is 11.3 Å². The first-order valence-electron chi connectivity index (χ1n) is 8.22. The van der Waals surface area contributed by atoms with Crippen LogP contribution in [0.2, 0.25) is 0 Å². The highest BCUT2D eigenvalue weighted by molar-refractivity contribution is 7.10. The number of hydrazone groups is 1. The van der Waals surface area contributed by atoms with Gasteiger partial charge in [0, 0.05) is 17.2 Å². The Morgan fingerprint density at radius 1 is 1.17 bits per heavy atom. The van der Waals surface area contributed by atoms with Crippen molar-refractivity contribution >= 4 is 40.4 Å². The number of nitrogens with one attached hydrogen (secondary N) is 3. The molecule has 148 valence electrons. The summed E-state index contributed by atoms with van der Waals surface area (Å²) in [6.07, 6.45) is 1.37. The van der Waals surface area contributed by atoms with Crippen LogP contribution in [0.25, 0.3) is 0 Å². The van der Waals surface area contributed by atoms with Crippen molar-refractivity contribution in [1.29, 1.82) is 0 Å². The first kappa shape index (κ1) is 19.8. The molecule has 0 saturated heterocycles. The average molecular weight is 412 g/mol. The molecule has 0 aliphatic rings. The van der Waals surface area contributed by atoms with Gasteiger partial charge in [0.25, 0.3) is 5.91 Å². The molecule has 3 rings (SSSR count). The second-order valence-electron chi connectivity index (χ2n) is 5.53. The predicted molar refractivity (Wildman–Crippen MR) is 109 cm³/mol. The number of hydrogen-bond acceptors (Lipinski definition) is 8. The van der Waals surface area contributed by atoms with Crippen LogP contribution in [0.4, 0.5) is 15.5 Å². The second kappa shape index (κ2) is 9.28. The molecule has 4 N–H and O–H groups in total. The molecule has 0 saturated carbocycles. The van der Waals surface area contributed by atoms with E-state index in [-0.39, 0.29) is 22.2 Å². The number of phenols is 1. The summed E-state index contributed by atoms with van der Waals surface area (Å²) in [5.41, 5.74) is 3.43. The number of methoxy groups -OCH3 is 1. The van der Waals surface area contributed by atoms with E-state index in [9.17, 15) is 14.7 Å². The zero-order valence-electron chi connectivity index (χ0n) is 15.1. The Kier molecular flexibility index (Phi) is 6.32. The maximum absolute atomic E-state index is 12.3. The fraction of sp³-hybridized carbons (Fsp3) is 0.0556. The van der Waals surface area contributed by atoms with Crippen molar-refractivity contribution in [2.75, 3.05) is 17.7 Å². The molecule has 0 bridgehead atoms. The van der Waals surface area contributed by atoms with Gasteiger partial charge in [-0.2, -0.15) is 5.10 Å². The Balaban J connectivity index is 1.61. The molecule has 10 nitrogen and oxygen atoms in total. The van der Waals surface area contributed by atoms with E-state index in [4.69, 9.17) is 4.74 Å². The first-order valence-corrected chi connectivity index (χ1v) is 9.00. The van der Waals surface area contributed by atoms with Gasteiger partial charge in [0.15, 0.2) is 22.2 Å². The number of nitrogens with zero attached hydrogens (tertiary/aromatic N) is 3. The van der Waals surface area contributed by atoms with Crippen molar-refractivity contribution in [3.05, 3.63) is 59.8 Å². The highest BCUT2D eigenvalue weighted by atomic mass is 32.1. The molecule has 2 aromatic carbocycles. The smallest absolute Gasteiger partial charge is 0.324 e. The molecule has 0 aliphatic carbocycles. The van der Waals surface area contributed by atoms with Crippen molar-refractivity contribution in [2.24, 2.45) is 5.10 Å². The van der Waals surface area contributed by atoms with Crippen LogP contribution in [-0.4, -0.2) is 40.0 Å². The third kappa shape index (κ3) is 5.26. The third-order valence-electron chi connectivity index (χ3n) is 3.55. The molecule has 1 aromatic heterocycles. The Morgan fingerprint density at radius 2 is 1.97 bits per heavy atom. The molecule has 29 heavy (non-hydrogen) atoms. The van der Waals surface area contributed by atoms with Gasteiger partial charge in [-0.05, 0) is 35.9 Å². The predicted octanol–water partition coefficient (Wildman–Crippen LogP) is 2.66. The summed E-state index contributed by atoms with van der Waals surface area (Å²) < 4.78 is 8.70. The fourth-order valence-electron chi connectivity index (χ4n) is 2.20. The Morgan fingerprint density at radius 3 is 2.72 bits per heavy atom. The second-order valence-corrected chi connectivity index (χ2v) is 6.28. The number of aromatic nitrogens is 2. The minimum atomic E-state index is -0.643. The zero-order valence-corrected chi connectivity index (χ0v) is 15.9. The third-order valence-corrected chi connectivity index (χ3v) is 4.19. The quantitative estimate of drug-likeness (QED) is 0.363. The molecule has 1 heterocycles. The molecule has 0 atom stereocenters. The van der Waals surface area contributed by atoms with Crippen molar-refractivity contribution in [3.63, 3.8) is 0 Å². The minimum absolute atomic E-state index is 0.00766. The van der Waals surface area contributed by atoms with Crippen molar-refractivity contribution in [3.8, 4) is 11.5 Å². The number of carbonyl (C=O) groups excluding carboxylic acids is 2. The number of para-hydroxylation sites is 1.